The van der Waals surface area contributed by atoms with E-state index in [1.807, 2.05) is 16.8 Å². The third-order valence-corrected chi connectivity index (χ3v) is 6.69. The number of nitrogens with zero attached hydrogens (tertiary/aromatic N) is 5. The second-order valence-electron chi connectivity index (χ2n) is 9.19. The SMILES string of the molecule is CCc1cc2c(C)nc3c(-c4c(C)cc(C)cc4C)c(C)nn3c2n1Cc1ccc(OC)nc1. The van der Waals surface area contributed by atoms with Crippen molar-refractivity contribution in [3.8, 4) is 17.0 Å². The molecule has 174 valence electrons. The van der Waals surface area contributed by atoms with Gasteiger partial charge in [0.15, 0.2) is 5.65 Å². The largest absolute Gasteiger partial charge is 0.481 e. The van der Waals surface area contributed by atoms with Gasteiger partial charge in [-0.2, -0.15) is 9.61 Å². The summed E-state index contributed by atoms with van der Waals surface area (Å²) in [6, 6.07) is 10.7. The third kappa shape index (κ3) is 3.45. The lowest BCUT2D eigenvalue weighted by Gasteiger charge is -2.13. The molecule has 0 bridgehead atoms. The molecular formula is C28H31N5O. The molecule has 4 aromatic heterocycles. The number of fused-ring (bicyclic) bond motifs is 3. The number of methoxy groups -OCH3 is 1. The minimum Gasteiger partial charge on any atom is -0.481 e. The van der Waals surface area contributed by atoms with E-state index in [0.29, 0.717) is 12.4 Å². The lowest BCUT2D eigenvalue weighted by Crippen LogP contribution is -2.08. The van der Waals surface area contributed by atoms with E-state index in [0.717, 1.165) is 45.6 Å². The fraction of sp³-hybridized carbons (Fsp3) is 0.321. The van der Waals surface area contributed by atoms with E-state index < -0.39 is 0 Å². The lowest BCUT2D eigenvalue weighted by molar-refractivity contribution is 0.397. The van der Waals surface area contributed by atoms with Crippen molar-refractivity contribution in [2.45, 2.75) is 54.5 Å². The molecular weight excluding hydrogens is 422 g/mol. The van der Waals surface area contributed by atoms with Crippen molar-refractivity contribution in [3.05, 3.63) is 75.9 Å². The zero-order valence-corrected chi connectivity index (χ0v) is 21.0. The van der Waals surface area contributed by atoms with Crippen LogP contribution in [0.15, 0.2) is 36.5 Å². The third-order valence-electron chi connectivity index (χ3n) is 6.69. The van der Waals surface area contributed by atoms with Crippen molar-refractivity contribution in [2.24, 2.45) is 0 Å². The van der Waals surface area contributed by atoms with Gasteiger partial charge in [0.1, 0.15) is 5.65 Å². The van der Waals surface area contributed by atoms with Crippen LogP contribution in [-0.2, 0) is 13.0 Å². The van der Waals surface area contributed by atoms with Gasteiger partial charge in [0.05, 0.1) is 30.6 Å². The lowest BCUT2D eigenvalue weighted by atomic mass is 9.94. The molecule has 0 atom stereocenters. The summed E-state index contributed by atoms with van der Waals surface area (Å²) in [6.45, 7) is 13.6. The first kappa shape index (κ1) is 22.1. The van der Waals surface area contributed by atoms with Crippen molar-refractivity contribution in [1.82, 2.24) is 24.1 Å². The molecule has 0 amide bonds. The van der Waals surface area contributed by atoms with Gasteiger partial charge in [0.2, 0.25) is 5.88 Å². The van der Waals surface area contributed by atoms with Crippen molar-refractivity contribution in [1.29, 1.82) is 0 Å². The van der Waals surface area contributed by atoms with Crippen LogP contribution in [0.25, 0.3) is 27.8 Å². The first-order valence-electron chi connectivity index (χ1n) is 11.8. The molecule has 0 aliphatic rings. The molecule has 0 unspecified atom stereocenters. The highest BCUT2D eigenvalue weighted by atomic mass is 16.5. The minimum atomic E-state index is 0.621. The zero-order valence-electron chi connectivity index (χ0n) is 21.0. The van der Waals surface area contributed by atoms with E-state index in [-0.39, 0.29) is 0 Å². The molecule has 0 saturated carbocycles. The van der Waals surface area contributed by atoms with Crippen LogP contribution in [0.2, 0.25) is 0 Å². The molecule has 34 heavy (non-hydrogen) atoms. The molecule has 6 heteroatoms. The Labute approximate surface area is 200 Å². The number of ether oxygens (including phenoxy) is 1. The van der Waals surface area contributed by atoms with E-state index in [4.69, 9.17) is 14.8 Å². The fourth-order valence-corrected chi connectivity index (χ4v) is 5.21. The molecule has 4 heterocycles. The number of aromatic nitrogens is 5. The van der Waals surface area contributed by atoms with Crippen molar-refractivity contribution in [2.75, 3.05) is 7.11 Å². The Morgan fingerprint density at radius 1 is 0.912 bits per heavy atom. The highest BCUT2D eigenvalue weighted by molar-refractivity contribution is 5.90. The maximum absolute atomic E-state index is 5.24. The molecule has 0 aliphatic heterocycles. The first-order chi connectivity index (χ1) is 16.3. The smallest absolute Gasteiger partial charge is 0.212 e. The summed E-state index contributed by atoms with van der Waals surface area (Å²) < 4.78 is 9.63. The van der Waals surface area contributed by atoms with E-state index in [9.17, 15) is 0 Å². The number of hydrogen-bond donors (Lipinski definition) is 0. The summed E-state index contributed by atoms with van der Waals surface area (Å²) in [6.07, 6.45) is 2.80. The van der Waals surface area contributed by atoms with Gasteiger partial charge in [-0.1, -0.05) is 30.7 Å². The van der Waals surface area contributed by atoms with Crippen LogP contribution < -0.4 is 4.74 Å². The highest BCUT2D eigenvalue weighted by Gasteiger charge is 2.22. The maximum Gasteiger partial charge on any atom is 0.212 e. The summed E-state index contributed by atoms with van der Waals surface area (Å²) >= 11 is 0. The molecule has 5 rings (SSSR count). The number of benzene rings is 1. The van der Waals surface area contributed by atoms with Gasteiger partial charge in [-0.3, -0.25) is 0 Å². The Morgan fingerprint density at radius 2 is 1.65 bits per heavy atom. The standard InChI is InChI=1S/C28H31N5O/c1-8-22-13-23-19(5)30-27-26(25-17(3)11-16(2)12-18(25)4)20(6)31-33(27)28(23)32(22)15-21-9-10-24(34-7)29-14-21/h9-14H,8,15H2,1-7H3. The predicted molar refractivity (Wildman–Crippen MR) is 137 cm³/mol. The quantitative estimate of drug-likeness (QED) is 0.332. The predicted octanol–water partition coefficient (Wildman–Crippen LogP) is 5.91. The Morgan fingerprint density at radius 3 is 2.26 bits per heavy atom. The van der Waals surface area contributed by atoms with Gasteiger partial charge in [0.25, 0.3) is 0 Å². The maximum atomic E-state index is 5.24. The van der Waals surface area contributed by atoms with E-state index in [1.54, 1.807) is 7.11 Å². The van der Waals surface area contributed by atoms with Crippen LogP contribution in [0.5, 0.6) is 5.88 Å². The van der Waals surface area contributed by atoms with Crippen molar-refractivity contribution in [3.63, 3.8) is 0 Å². The molecule has 0 aliphatic carbocycles. The summed E-state index contributed by atoms with van der Waals surface area (Å²) in [4.78, 5) is 9.49. The van der Waals surface area contributed by atoms with Crippen LogP contribution in [0.1, 0.15) is 46.3 Å². The Hall–Kier alpha value is -3.67. The number of pyridine rings is 1. The van der Waals surface area contributed by atoms with Crippen LogP contribution in [0.4, 0.5) is 0 Å². The fourth-order valence-electron chi connectivity index (χ4n) is 5.21. The zero-order chi connectivity index (χ0) is 24.1. The van der Waals surface area contributed by atoms with Gasteiger partial charge >= 0.3 is 0 Å². The molecule has 0 radical (unpaired) electrons. The average molecular weight is 454 g/mol. The van der Waals surface area contributed by atoms with Crippen LogP contribution in [-0.4, -0.2) is 31.3 Å². The summed E-state index contributed by atoms with van der Waals surface area (Å²) in [5.74, 6) is 0.621. The Balaban J connectivity index is 1.79. The number of aryl methyl sites for hydroxylation is 6. The molecule has 0 saturated heterocycles. The molecule has 5 aromatic rings. The molecule has 0 spiro atoms. The monoisotopic (exact) mass is 453 g/mol. The van der Waals surface area contributed by atoms with Gasteiger partial charge in [-0.05, 0) is 69.4 Å². The number of hydrogen-bond acceptors (Lipinski definition) is 4. The Kier molecular flexibility index (Phi) is 5.39. The molecule has 0 N–H and O–H groups in total. The molecule has 0 fully saturated rings. The van der Waals surface area contributed by atoms with Crippen molar-refractivity contribution < 1.29 is 4.74 Å². The normalized spacial score (nSPS) is 11.6. The summed E-state index contributed by atoms with van der Waals surface area (Å²) in [5, 5.41) is 6.17. The van der Waals surface area contributed by atoms with Crippen LogP contribution in [0.3, 0.4) is 0 Å². The molecule has 6 nitrogen and oxygen atoms in total. The second kappa shape index (κ2) is 8.28. The van der Waals surface area contributed by atoms with E-state index in [2.05, 4.69) is 75.4 Å². The number of rotatable bonds is 5. The van der Waals surface area contributed by atoms with Gasteiger partial charge < -0.3 is 9.30 Å². The van der Waals surface area contributed by atoms with Crippen LogP contribution >= 0.6 is 0 Å². The minimum absolute atomic E-state index is 0.621. The Bertz CT molecular complexity index is 1520. The van der Waals surface area contributed by atoms with E-state index in [1.165, 1.54) is 27.9 Å². The summed E-state index contributed by atoms with van der Waals surface area (Å²) in [7, 11) is 1.64. The van der Waals surface area contributed by atoms with Crippen LogP contribution in [0, 0.1) is 34.6 Å². The molecule has 1 aromatic carbocycles. The average Bonchev–Trinajstić information content (AvgIpc) is 3.32. The summed E-state index contributed by atoms with van der Waals surface area (Å²) in [5.41, 5.74) is 12.5. The van der Waals surface area contributed by atoms with Crippen molar-refractivity contribution >= 4 is 16.7 Å². The second-order valence-corrected chi connectivity index (χ2v) is 9.19. The highest BCUT2D eigenvalue weighted by Crippen LogP contribution is 2.36. The first-order valence-corrected chi connectivity index (χ1v) is 11.8. The van der Waals surface area contributed by atoms with Gasteiger partial charge in [0, 0.05) is 23.3 Å². The van der Waals surface area contributed by atoms with Gasteiger partial charge in [-0.15, -0.1) is 0 Å². The topological polar surface area (TPSA) is 57.2 Å². The van der Waals surface area contributed by atoms with E-state index >= 15 is 0 Å². The van der Waals surface area contributed by atoms with Gasteiger partial charge in [-0.25, -0.2) is 9.97 Å².